The number of hydrogen-bond acceptors (Lipinski definition) is 4. The zero-order valence-corrected chi connectivity index (χ0v) is 8.03. The van der Waals surface area contributed by atoms with Crippen molar-refractivity contribution in [3.63, 3.8) is 0 Å². The second kappa shape index (κ2) is 5.95. The van der Waals surface area contributed by atoms with Crippen LogP contribution >= 0.6 is 0 Å². The molecule has 1 heterocycles. The van der Waals surface area contributed by atoms with Crippen LogP contribution < -0.4 is 4.74 Å². The lowest BCUT2D eigenvalue weighted by atomic mass is 10.3. The molecule has 0 fully saturated rings. The first-order chi connectivity index (χ1) is 6.86. The van der Waals surface area contributed by atoms with Crippen LogP contribution in [-0.4, -0.2) is 28.8 Å². The summed E-state index contributed by atoms with van der Waals surface area (Å²) in [4.78, 5) is 7.98. The smallest absolute Gasteiger partial charge is 0.232 e. The Balaban J connectivity index is 2.53. The van der Waals surface area contributed by atoms with E-state index in [-0.39, 0.29) is 6.61 Å². The molecule has 0 atom stereocenters. The highest BCUT2D eigenvalue weighted by Gasteiger charge is 1.92. The summed E-state index contributed by atoms with van der Waals surface area (Å²) >= 11 is 0. The molecule has 0 spiro atoms. The molecule has 0 aliphatic heterocycles. The van der Waals surface area contributed by atoms with Crippen LogP contribution in [0.3, 0.4) is 0 Å². The molecule has 0 aromatic carbocycles. The van der Waals surface area contributed by atoms with Gasteiger partial charge in [0.05, 0.1) is 19.5 Å². The van der Waals surface area contributed by atoms with Crippen molar-refractivity contribution in [2.45, 2.75) is 12.8 Å². The van der Waals surface area contributed by atoms with Gasteiger partial charge in [-0.15, -0.1) is 0 Å². The van der Waals surface area contributed by atoms with E-state index >= 15 is 0 Å². The average Bonchev–Trinajstić information content (AvgIpc) is 2.25. The van der Waals surface area contributed by atoms with Crippen molar-refractivity contribution in [1.82, 2.24) is 9.97 Å². The lowest BCUT2D eigenvalue weighted by Gasteiger charge is -1.95. The highest BCUT2D eigenvalue weighted by atomic mass is 16.5. The topological polar surface area (TPSA) is 55.2 Å². The molecule has 0 saturated heterocycles. The van der Waals surface area contributed by atoms with Crippen molar-refractivity contribution < 1.29 is 9.84 Å². The minimum Gasteiger partial charge on any atom is -0.480 e. The predicted octanol–water partition coefficient (Wildman–Crippen LogP) is 0.609. The van der Waals surface area contributed by atoms with Gasteiger partial charge in [-0.25, -0.2) is 9.97 Å². The summed E-state index contributed by atoms with van der Waals surface area (Å²) in [6.07, 6.45) is 4.45. The fourth-order valence-electron chi connectivity index (χ4n) is 0.807. The van der Waals surface area contributed by atoms with E-state index in [0.717, 1.165) is 0 Å². The Labute approximate surface area is 83.0 Å². The predicted molar refractivity (Wildman–Crippen MR) is 51.8 cm³/mol. The first kappa shape index (κ1) is 10.5. The molecular weight excluding hydrogens is 180 g/mol. The number of nitrogens with zero attached hydrogens (tertiary/aromatic N) is 2. The van der Waals surface area contributed by atoms with Crippen molar-refractivity contribution in [3.05, 3.63) is 18.1 Å². The minimum atomic E-state index is 0.170. The van der Waals surface area contributed by atoms with E-state index in [0.29, 0.717) is 24.4 Å². The number of unbranched alkanes of at least 4 members (excludes halogenated alkanes) is 1. The number of aromatic nitrogens is 2. The molecule has 0 unspecified atom stereocenters. The Kier molecular flexibility index (Phi) is 4.45. The highest BCUT2D eigenvalue weighted by Crippen LogP contribution is 2.01. The molecule has 4 nitrogen and oxygen atoms in total. The monoisotopic (exact) mass is 192 g/mol. The lowest BCUT2D eigenvalue weighted by Crippen LogP contribution is -1.90. The molecule has 0 bridgehead atoms. The van der Waals surface area contributed by atoms with Gasteiger partial charge in [0.25, 0.3) is 0 Å². The molecule has 0 amide bonds. The maximum Gasteiger partial charge on any atom is 0.232 e. The third kappa shape index (κ3) is 3.42. The SMILES string of the molecule is COc1cnc(C#CCCCO)cn1. The Bertz CT molecular complexity index is 324. The van der Waals surface area contributed by atoms with Gasteiger partial charge in [-0.1, -0.05) is 5.92 Å². The van der Waals surface area contributed by atoms with Crippen LogP contribution in [0.5, 0.6) is 5.88 Å². The van der Waals surface area contributed by atoms with Crippen LogP contribution in [0.2, 0.25) is 0 Å². The van der Waals surface area contributed by atoms with E-state index in [1.54, 1.807) is 6.20 Å². The number of rotatable bonds is 3. The standard InChI is InChI=1S/C10H12N2O2/c1-14-10-8-11-9(7-12-10)5-3-2-4-6-13/h7-8,13H,2,4,6H2,1H3. The molecule has 14 heavy (non-hydrogen) atoms. The number of hydrogen-bond donors (Lipinski definition) is 1. The van der Waals surface area contributed by atoms with E-state index in [2.05, 4.69) is 21.8 Å². The normalized spacial score (nSPS) is 9.00. The molecule has 4 heteroatoms. The number of aliphatic hydroxyl groups excluding tert-OH is 1. The van der Waals surface area contributed by atoms with Crippen molar-refractivity contribution in [2.75, 3.05) is 13.7 Å². The third-order valence-corrected chi connectivity index (χ3v) is 1.51. The molecule has 74 valence electrons. The van der Waals surface area contributed by atoms with Gasteiger partial charge in [-0.2, -0.15) is 0 Å². The number of aliphatic hydroxyl groups is 1. The van der Waals surface area contributed by atoms with E-state index < -0.39 is 0 Å². The van der Waals surface area contributed by atoms with E-state index in [9.17, 15) is 0 Å². The largest absolute Gasteiger partial charge is 0.480 e. The first-order valence-electron chi connectivity index (χ1n) is 4.32. The molecule has 1 rings (SSSR count). The van der Waals surface area contributed by atoms with Crippen LogP contribution in [-0.2, 0) is 0 Å². The van der Waals surface area contributed by atoms with Crippen molar-refractivity contribution >= 4 is 0 Å². The second-order valence-corrected chi connectivity index (χ2v) is 2.57. The zero-order chi connectivity index (χ0) is 10.2. The summed E-state index contributed by atoms with van der Waals surface area (Å²) in [6.45, 7) is 0.170. The average molecular weight is 192 g/mol. The molecule has 1 N–H and O–H groups in total. The van der Waals surface area contributed by atoms with Gasteiger partial charge in [0.1, 0.15) is 5.69 Å². The maximum absolute atomic E-state index is 8.52. The second-order valence-electron chi connectivity index (χ2n) is 2.57. The molecule has 1 aromatic rings. The van der Waals surface area contributed by atoms with Crippen molar-refractivity contribution in [1.29, 1.82) is 0 Å². The Hall–Kier alpha value is -1.60. The Morgan fingerprint density at radius 3 is 2.86 bits per heavy atom. The molecule has 0 aliphatic carbocycles. The van der Waals surface area contributed by atoms with Crippen LogP contribution in [0.15, 0.2) is 12.4 Å². The quantitative estimate of drug-likeness (QED) is 0.563. The van der Waals surface area contributed by atoms with Gasteiger partial charge in [-0.3, -0.25) is 0 Å². The summed E-state index contributed by atoms with van der Waals surface area (Å²) in [6, 6.07) is 0. The van der Waals surface area contributed by atoms with Crippen molar-refractivity contribution in [2.24, 2.45) is 0 Å². The van der Waals surface area contributed by atoms with Gasteiger partial charge in [0, 0.05) is 13.0 Å². The molecule has 1 aromatic heterocycles. The highest BCUT2D eigenvalue weighted by molar-refractivity contribution is 5.25. The molecular formula is C10H12N2O2. The molecule has 0 aliphatic rings. The Morgan fingerprint density at radius 1 is 1.43 bits per heavy atom. The first-order valence-corrected chi connectivity index (χ1v) is 4.32. The van der Waals surface area contributed by atoms with Gasteiger partial charge >= 0.3 is 0 Å². The summed E-state index contributed by atoms with van der Waals surface area (Å²) in [5.74, 6) is 6.20. The number of ether oxygens (including phenoxy) is 1. The molecule has 0 saturated carbocycles. The van der Waals surface area contributed by atoms with Gasteiger partial charge in [-0.05, 0) is 12.3 Å². The summed E-state index contributed by atoms with van der Waals surface area (Å²) in [5.41, 5.74) is 0.615. The summed E-state index contributed by atoms with van der Waals surface area (Å²) in [5, 5.41) is 8.52. The number of methoxy groups -OCH3 is 1. The van der Waals surface area contributed by atoms with Gasteiger partial charge < -0.3 is 9.84 Å². The van der Waals surface area contributed by atoms with E-state index in [4.69, 9.17) is 9.84 Å². The van der Waals surface area contributed by atoms with Gasteiger partial charge in [0.2, 0.25) is 5.88 Å². The third-order valence-electron chi connectivity index (χ3n) is 1.51. The van der Waals surface area contributed by atoms with Crippen LogP contribution in [0.4, 0.5) is 0 Å². The van der Waals surface area contributed by atoms with E-state index in [1.807, 2.05) is 0 Å². The molecule has 0 radical (unpaired) electrons. The lowest BCUT2D eigenvalue weighted by molar-refractivity contribution is 0.290. The van der Waals surface area contributed by atoms with E-state index in [1.165, 1.54) is 13.3 Å². The van der Waals surface area contributed by atoms with Gasteiger partial charge in [0.15, 0.2) is 0 Å². The fourth-order valence-corrected chi connectivity index (χ4v) is 0.807. The zero-order valence-electron chi connectivity index (χ0n) is 8.03. The van der Waals surface area contributed by atoms with Crippen LogP contribution in [0.25, 0.3) is 0 Å². The fraction of sp³-hybridized carbons (Fsp3) is 0.400. The summed E-state index contributed by atoms with van der Waals surface area (Å²) < 4.78 is 4.86. The van der Waals surface area contributed by atoms with Crippen LogP contribution in [0.1, 0.15) is 18.5 Å². The minimum absolute atomic E-state index is 0.170. The Morgan fingerprint density at radius 2 is 2.29 bits per heavy atom. The summed E-state index contributed by atoms with van der Waals surface area (Å²) in [7, 11) is 1.54. The maximum atomic E-state index is 8.52. The van der Waals surface area contributed by atoms with Crippen LogP contribution in [0, 0.1) is 11.8 Å². The van der Waals surface area contributed by atoms with Crippen molar-refractivity contribution in [3.8, 4) is 17.7 Å².